The van der Waals surface area contributed by atoms with Gasteiger partial charge in [0.05, 0.1) is 12.0 Å². The zero-order valence-corrected chi connectivity index (χ0v) is 12.0. The van der Waals surface area contributed by atoms with Gasteiger partial charge < -0.3 is 10.1 Å². The molecule has 1 amide bonds. The molecule has 8 heteroatoms. The van der Waals surface area contributed by atoms with Crippen LogP contribution in [0.5, 0.6) is 0 Å². The van der Waals surface area contributed by atoms with E-state index < -0.39 is 11.0 Å². The van der Waals surface area contributed by atoms with E-state index in [1.54, 1.807) is 23.6 Å². The molecule has 110 valence electrons. The summed E-state index contributed by atoms with van der Waals surface area (Å²) in [5.74, 6) is 0. The van der Waals surface area contributed by atoms with Gasteiger partial charge in [-0.25, -0.2) is 4.79 Å². The Morgan fingerprint density at radius 2 is 2.14 bits per heavy atom. The van der Waals surface area contributed by atoms with E-state index >= 15 is 0 Å². The van der Waals surface area contributed by atoms with Crippen molar-refractivity contribution in [2.45, 2.75) is 6.54 Å². The zero-order valence-electron chi connectivity index (χ0n) is 11.2. The molecule has 0 bridgehead atoms. The molecule has 1 aromatic carbocycles. The largest absolute Gasteiger partial charge is 0.453 e. The summed E-state index contributed by atoms with van der Waals surface area (Å²) < 4.78 is 4.52. The number of nitro groups is 1. The minimum absolute atomic E-state index is 0.118. The maximum atomic E-state index is 11.1. The molecule has 0 unspecified atom stereocenters. The lowest BCUT2D eigenvalue weighted by molar-refractivity contribution is -0.380. The van der Waals surface area contributed by atoms with E-state index in [1.165, 1.54) is 13.2 Å². The normalized spacial score (nSPS) is 9.95. The Kier molecular flexibility index (Phi) is 4.72. The molecular formula is C13H13N3O4S. The van der Waals surface area contributed by atoms with Gasteiger partial charge in [-0.3, -0.25) is 15.4 Å². The van der Waals surface area contributed by atoms with Gasteiger partial charge in [-0.1, -0.05) is 17.4 Å². The Hall–Kier alpha value is -2.61. The summed E-state index contributed by atoms with van der Waals surface area (Å²) >= 11 is 1.09. The van der Waals surface area contributed by atoms with Crippen molar-refractivity contribution in [3.8, 4) is 0 Å². The van der Waals surface area contributed by atoms with Crippen molar-refractivity contribution in [2.24, 2.45) is 0 Å². The van der Waals surface area contributed by atoms with Gasteiger partial charge in [0.1, 0.15) is 0 Å². The predicted molar refractivity (Wildman–Crippen MR) is 80.8 cm³/mol. The number of rotatable bonds is 5. The van der Waals surface area contributed by atoms with Crippen LogP contribution in [0.25, 0.3) is 0 Å². The molecule has 0 radical (unpaired) electrons. The molecule has 0 saturated heterocycles. The molecule has 1 aromatic heterocycles. The van der Waals surface area contributed by atoms with Crippen molar-refractivity contribution >= 4 is 33.8 Å². The number of benzene rings is 1. The van der Waals surface area contributed by atoms with Crippen LogP contribution in [0.1, 0.15) is 5.56 Å². The van der Waals surface area contributed by atoms with Crippen LogP contribution in [-0.4, -0.2) is 18.1 Å². The van der Waals surface area contributed by atoms with Crippen LogP contribution >= 0.6 is 11.3 Å². The SMILES string of the molecule is COC(=O)Nc1cccc(NCc2csc([N+](=O)[O-])c2)c1. The molecule has 0 aliphatic heterocycles. The van der Waals surface area contributed by atoms with E-state index in [0.717, 1.165) is 22.6 Å². The molecule has 0 aliphatic rings. The number of carbonyl (C=O) groups excluding carboxylic acids is 1. The summed E-state index contributed by atoms with van der Waals surface area (Å²) in [6.45, 7) is 0.464. The van der Waals surface area contributed by atoms with Crippen LogP contribution in [0.3, 0.4) is 0 Å². The summed E-state index contributed by atoms with van der Waals surface area (Å²) in [6, 6.07) is 8.64. The fraction of sp³-hybridized carbons (Fsp3) is 0.154. The van der Waals surface area contributed by atoms with E-state index in [9.17, 15) is 14.9 Å². The number of ether oxygens (including phenoxy) is 1. The highest BCUT2D eigenvalue weighted by Crippen LogP contribution is 2.23. The molecule has 0 spiro atoms. The van der Waals surface area contributed by atoms with Crippen LogP contribution in [0.2, 0.25) is 0 Å². The van der Waals surface area contributed by atoms with Gasteiger partial charge in [-0.15, -0.1) is 0 Å². The van der Waals surface area contributed by atoms with Crippen LogP contribution in [0, 0.1) is 10.1 Å². The molecule has 7 nitrogen and oxygen atoms in total. The van der Waals surface area contributed by atoms with Crippen LogP contribution < -0.4 is 10.6 Å². The first-order valence-corrected chi connectivity index (χ1v) is 6.87. The third-order valence-electron chi connectivity index (χ3n) is 2.61. The highest BCUT2D eigenvalue weighted by Gasteiger charge is 2.09. The molecule has 0 saturated carbocycles. The van der Waals surface area contributed by atoms with Crippen molar-refractivity contribution < 1.29 is 14.5 Å². The number of hydrogen-bond acceptors (Lipinski definition) is 6. The van der Waals surface area contributed by atoms with Gasteiger partial charge in [0.25, 0.3) is 0 Å². The minimum atomic E-state index is -0.541. The third-order valence-corrected chi connectivity index (χ3v) is 3.54. The average molecular weight is 307 g/mol. The number of hydrogen-bond donors (Lipinski definition) is 2. The molecule has 0 aliphatic carbocycles. The van der Waals surface area contributed by atoms with Gasteiger partial charge in [0.2, 0.25) is 0 Å². The number of thiophene rings is 1. The first-order valence-electron chi connectivity index (χ1n) is 5.99. The Bertz CT molecular complexity index is 656. The summed E-state index contributed by atoms with van der Waals surface area (Å²) in [5.41, 5.74) is 2.22. The number of nitrogens with one attached hydrogen (secondary N) is 2. The topological polar surface area (TPSA) is 93.5 Å². The zero-order chi connectivity index (χ0) is 15.2. The Labute approximate surface area is 124 Å². The fourth-order valence-electron chi connectivity index (χ4n) is 1.63. The van der Waals surface area contributed by atoms with Crippen molar-refractivity contribution in [2.75, 3.05) is 17.7 Å². The van der Waals surface area contributed by atoms with Crippen LogP contribution in [0.4, 0.5) is 21.2 Å². The summed E-state index contributed by atoms with van der Waals surface area (Å²) in [6.07, 6.45) is -0.541. The van der Waals surface area contributed by atoms with E-state index in [2.05, 4.69) is 15.4 Å². The highest BCUT2D eigenvalue weighted by atomic mass is 32.1. The van der Waals surface area contributed by atoms with E-state index in [1.807, 2.05) is 6.07 Å². The van der Waals surface area contributed by atoms with Gasteiger partial charge in [-0.2, -0.15) is 0 Å². The fourth-order valence-corrected chi connectivity index (χ4v) is 2.36. The van der Waals surface area contributed by atoms with E-state index in [4.69, 9.17) is 0 Å². The lowest BCUT2D eigenvalue weighted by atomic mass is 10.2. The second kappa shape index (κ2) is 6.71. The molecule has 2 aromatic rings. The molecule has 0 fully saturated rings. The highest BCUT2D eigenvalue weighted by molar-refractivity contribution is 7.13. The minimum Gasteiger partial charge on any atom is -0.453 e. The smallest absolute Gasteiger partial charge is 0.411 e. The second-order valence-corrected chi connectivity index (χ2v) is 4.99. The van der Waals surface area contributed by atoms with E-state index in [-0.39, 0.29) is 5.00 Å². The molecule has 1 heterocycles. The average Bonchev–Trinajstić information content (AvgIpc) is 2.94. The van der Waals surface area contributed by atoms with Gasteiger partial charge >= 0.3 is 11.1 Å². The maximum Gasteiger partial charge on any atom is 0.411 e. The van der Waals surface area contributed by atoms with Crippen molar-refractivity contribution in [3.63, 3.8) is 0 Å². The molecule has 2 N–H and O–H groups in total. The maximum absolute atomic E-state index is 11.1. The first-order chi connectivity index (χ1) is 10.1. The summed E-state index contributed by atoms with van der Waals surface area (Å²) in [5, 5.41) is 18.2. The molecule has 2 rings (SSSR count). The number of nitrogens with zero attached hydrogens (tertiary/aromatic N) is 1. The summed E-state index contributed by atoms with van der Waals surface area (Å²) in [7, 11) is 1.29. The van der Waals surface area contributed by atoms with Crippen LogP contribution in [0.15, 0.2) is 35.7 Å². The Morgan fingerprint density at radius 1 is 1.38 bits per heavy atom. The van der Waals surface area contributed by atoms with Crippen molar-refractivity contribution in [1.82, 2.24) is 0 Å². The molecule has 0 atom stereocenters. The lowest BCUT2D eigenvalue weighted by Crippen LogP contribution is -2.11. The number of amides is 1. The van der Waals surface area contributed by atoms with Crippen molar-refractivity contribution in [3.05, 3.63) is 51.4 Å². The first kappa shape index (κ1) is 14.8. The Balaban J connectivity index is 1.97. The van der Waals surface area contributed by atoms with Crippen molar-refractivity contribution in [1.29, 1.82) is 0 Å². The van der Waals surface area contributed by atoms with E-state index in [0.29, 0.717) is 12.2 Å². The lowest BCUT2D eigenvalue weighted by Gasteiger charge is -2.08. The predicted octanol–water partition coefficient (Wildman–Crippen LogP) is 3.45. The molecule has 21 heavy (non-hydrogen) atoms. The quantitative estimate of drug-likeness (QED) is 0.652. The monoisotopic (exact) mass is 307 g/mol. The number of carbonyl (C=O) groups is 1. The second-order valence-electron chi connectivity index (χ2n) is 4.10. The summed E-state index contributed by atoms with van der Waals surface area (Å²) in [4.78, 5) is 21.3. The third kappa shape index (κ3) is 4.18. The number of methoxy groups -OCH3 is 1. The van der Waals surface area contributed by atoms with Gasteiger partial charge in [-0.05, 0) is 23.8 Å². The standard InChI is InChI=1S/C13H13N3O4S/c1-20-13(17)15-11-4-2-3-10(6-11)14-7-9-5-12(16(18)19)21-8-9/h2-6,8,14H,7H2,1H3,(H,15,17). The van der Waals surface area contributed by atoms with Gasteiger partial charge in [0.15, 0.2) is 0 Å². The van der Waals surface area contributed by atoms with Crippen LogP contribution in [-0.2, 0) is 11.3 Å². The van der Waals surface area contributed by atoms with Gasteiger partial charge in [0, 0.05) is 29.4 Å². The number of anilines is 2. The molecular weight excluding hydrogens is 294 g/mol. The Morgan fingerprint density at radius 3 is 2.81 bits per heavy atom.